The molecule has 1 aliphatic carbocycles. The van der Waals surface area contributed by atoms with Gasteiger partial charge in [0, 0.05) is 6.04 Å². The zero-order chi connectivity index (χ0) is 14.0. The number of hydrogen-bond donors (Lipinski definition) is 2. The van der Waals surface area contributed by atoms with Crippen molar-refractivity contribution in [3.05, 3.63) is 23.7 Å². The maximum absolute atomic E-state index is 12.1. The van der Waals surface area contributed by atoms with E-state index in [0.717, 1.165) is 19.3 Å². The monoisotopic (exact) mass is 264 g/mol. The van der Waals surface area contributed by atoms with Crippen LogP contribution in [0.4, 0.5) is 0 Å². The molecule has 1 aromatic heterocycles. The van der Waals surface area contributed by atoms with Gasteiger partial charge in [-0.3, -0.25) is 4.79 Å². The van der Waals surface area contributed by atoms with Gasteiger partial charge in [0.1, 0.15) is 12.0 Å². The van der Waals surface area contributed by atoms with Crippen molar-refractivity contribution >= 4 is 5.91 Å². The predicted molar refractivity (Wildman–Crippen MR) is 74.6 cm³/mol. The standard InChI is InChI=1S/C15H24N2O2/c1-10-7-15(2,3)5-4-13(10)17-14(18)11-6-12(8-16)19-9-11/h6,9-10,13H,4-5,7-8,16H2,1-3H3,(H,17,18). The van der Waals surface area contributed by atoms with E-state index in [1.54, 1.807) is 6.07 Å². The lowest BCUT2D eigenvalue weighted by Gasteiger charge is -2.39. The second kappa shape index (κ2) is 5.37. The molecule has 19 heavy (non-hydrogen) atoms. The summed E-state index contributed by atoms with van der Waals surface area (Å²) < 4.78 is 5.20. The molecule has 2 rings (SSSR count). The van der Waals surface area contributed by atoms with Gasteiger partial charge in [0.25, 0.3) is 5.91 Å². The molecule has 0 spiro atoms. The van der Waals surface area contributed by atoms with Gasteiger partial charge >= 0.3 is 0 Å². The largest absolute Gasteiger partial charge is 0.467 e. The molecule has 1 saturated carbocycles. The zero-order valence-electron chi connectivity index (χ0n) is 12.0. The molecule has 0 bridgehead atoms. The lowest BCUT2D eigenvalue weighted by atomic mass is 9.70. The van der Waals surface area contributed by atoms with E-state index >= 15 is 0 Å². The molecule has 1 fully saturated rings. The van der Waals surface area contributed by atoms with E-state index in [0.29, 0.717) is 29.2 Å². The van der Waals surface area contributed by atoms with Crippen LogP contribution in [-0.2, 0) is 6.54 Å². The Bertz CT molecular complexity index is 451. The first-order valence-electron chi connectivity index (χ1n) is 6.99. The molecule has 0 aliphatic heterocycles. The summed E-state index contributed by atoms with van der Waals surface area (Å²) in [4.78, 5) is 12.1. The van der Waals surface area contributed by atoms with E-state index in [-0.39, 0.29) is 11.9 Å². The smallest absolute Gasteiger partial charge is 0.254 e. The third-order valence-electron chi connectivity index (χ3n) is 4.13. The number of carbonyl (C=O) groups excluding carboxylic acids is 1. The Kier molecular flexibility index (Phi) is 3.99. The van der Waals surface area contributed by atoms with Gasteiger partial charge in [-0.2, -0.15) is 0 Å². The normalized spacial score (nSPS) is 26.1. The average Bonchev–Trinajstić information content (AvgIpc) is 2.81. The van der Waals surface area contributed by atoms with Crippen LogP contribution in [0.5, 0.6) is 0 Å². The van der Waals surface area contributed by atoms with Crippen molar-refractivity contribution in [2.24, 2.45) is 17.1 Å². The molecule has 1 heterocycles. The summed E-state index contributed by atoms with van der Waals surface area (Å²) in [5, 5.41) is 3.12. The fourth-order valence-corrected chi connectivity index (χ4v) is 3.02. The van der Waals surface area contributed by atoms with Gasteiger partial charge in [-0.05, 0) is 36.7 Å². The van der Waals surface area contributed by atoms with Crippen molar-refractivity contribution in [2.75, 3.05) is 0 Å². The number of hydrogen-bond acceptors (Lipinski definition) is 3. The number of amides is 1. The fraction of sp³-hybridized carbons (Fsp3) is 0.667. The van der Waals surface area contributed by atoms with Gasteiger partial charge in [0.2, 0.25) is 0 Å². The Labute approximate surface area is 114 Å². The van der Waals surface area contributed by atoms with Crippen LogP contribution in [0.15, 0.2) is 16.7 Å². The quantitative estimate of drug-likeness (QED) is 0.882. The van der Waals surface area contributed by atoms with Gasteiger partial charge in [0.05, 0.1) is 12.1 Å². The van der Waals surface area contributed by atoms with Crippen LogP contribution in [0.3, 0.4) is 0 Å². The molecular weight excluding hydrogens is 240 g/mol. The molecule has 1 aliphatic rings. The van der Waals surface area contributed by atoms with E-state index in [4.69, 9.17) is 10.2 Å². The Morgan fingerprint density at radius 3 is 2.89 bits per heavy atom. The highest BCUT2D eigenvalue weighted by atomic mass is 16.3. The maximum Gasteiger partial charge on any atom is 0.254 e. The predicted octanol–water partition coefficient (Wildman–Crippen LogP) is 2.68. The summed E-state index contributed by atoms with van der Waals surface area (Å²) in [7, 11) is 0. The summed E-state index contributed by atoms with van der Waals surface area (Å²) in [6.07, 6.45) is 4.83. The molecule has 4 heteroatoms. The Morgan fingerprint density at radius 1 is 1.58 bits per heavy atom. The molecule has 1 amide bonds. The van der Waals surface area contributed by atoms with Crippen LogP contribution in [-0.4, -0.2) is 11.9 Å². The topological polar surface area (TPSA) is 68.3 Å². The van der Waals surface area contributed by atoms with Gasteiger partial charge in [0.15, 0.2) is 0 Å². The lowest BCUT2D eigenvalue weighted by Crippen LogP contribution is -2.44. The zero-order valence-corrected chi connectivity index (χ0v) is 12.0. The van der Waals surface area contributed by atoms with Crippen LogP contribution >= 0.6 is 0 Å². The first-order valence-corrected chi connectivity index (χ1v) is 6.99. The third kappa shape index (κ3) is 3.38. The van der Waals surface area contributed by atoms with Gasteiger partial charge in [-0.15, -0.1) is 0 Å². The summed E-state index contributed by atoms with van der Waals surface area (Å²) in [5.74, 6) is 1.09. The van der Waals surface area contributed by atoms with Crippen LogP contribution in [0.25, 0.3) is 0 Å². The molecule has 2 unspecified atom stereocenters. The number of carbonyl (C=O) groups is 1. The minimum absolute atomic E-state index is 0.0555. The molecular formula is C15H24N2O2. The number of nitrogens with one attached hydrogen (secondary N) is 1. The molecule has 0 saturated heterocycles. The maximum atomic E-state index is 12.1. The second-order valence-electron chi connectivity index (χ2n) is 6.47. The highest BCUT2D eigenvalue weighted by Gasteiger charge is 2.33. The summed E-state index contributed by atoms with van der Waals surface area (Å²) >= 11 is 0. The van der Waals surface area contributed by atoms with Crippen LogP contribution in [0.2, 0.25) is 0 Å². The summed E-state index contributed by atoms with van der Waals surface area (Å²) in [5.41, 5.74) is 6.43. The average molecular weight is 264 g/mol. The van der Waals surface area contributed by atoms with E-state index in [1.807, 2.05) is 0 Å². The molecule has 3 N–H and O–H groups in total. The Hall–Kier alpha value is -1.29. The van der Waals surface area contributed by atoms with Crippen molar-refractivity contribution in [1.82, 2.24) is 5.32 Å². The fourth-order valence-electron chi connectivity index (χ4n) is 3.02. The molecule has 0 radical (unpaired) electrons. The molecule has 106 valence electrons. The van der Waals surface area contributed by atoms with Gasteiger partial charge < -0.3 is 15.5 Å². The Morgan fingerprint density at radius 2 is 2.32 bits per heavy atom. The van der Waals surface area contributed by atoms with E-state index in [9.17, 15) is 4.79 Å². The molecule has 4 nitrogen and oxygen atoms in total. The van der Waals surface area contributed by atoms with Crippen molar-refractivity contribution in [3.8, 4) is 0 Å². The van der Waals surface area contributed by atoms with Gasteiger partial charge in [-0.1, -0.05) is 20.8 Å². The molecule has 2 atom stereocenters. The van der Waals surface area contributed by atoms with Crippen LogP contribution in [0, 0.1) is 11.3 Å². The van der Waals surface area contributed by atoms with E-state index in [1.165, 1.54) is 6.26 Å². The number of rotatable bonds is 3. The minimum Gasteiger partial charge on any atom is -0.467 e. The van der Waals surface area contributed by atoms with Crippen molar-refractivity contribution in [1.29, 1.82) is 0 Å². The van der Waals surface area contributed by atoms with Crippen molar-refractivity contribution in [3.63, 3.8) is 0 Å². The van der Waals surface area contributed by atoms with Crippen molar-refractivity contribution in [2.45, 2.75) is 52.6 Å². The highest BCUT2D eigenvalue weighted by Crippen LogP contribution is 2.38. The van der Waals surface area contributed by atoms with Crippen LogP contribution < -0.4 is 11.1 Å². The van der Waals surface area contributed by atoms with E-state index < -0.39 is 0 Å². The summed E-state index contributed by atoms with van der Waals surface area (Å²) in [6.45, 7) is 7.13. The highest BCUT2D eigenvalue weighted by molar-refractivity contribution is 5.94. The summed E-state index contributed by atoms with van der Waals surface area (Å²) in [6, 6.07) is 1.98. The first-order chi connectivity index (χ1) is 8.91. The second-order valence-corrected chi connectivity index (χ2v) is 6.47. The first kappa shape index (κ1) is 14.1. The van der Waals surface area contributed by atoms with Crippen molar-refractivity contribution < 1.29 is 9.21 Å². The third-order valence-corrected chi connectivity index (χ3v) is 4.13. The molecule has 0 aromatic carbocycles. The van der Waals surface area contributed by atoms with Gasteiger partial charge in [-0.25, -0.2) is 0 Å². The van der Waals surface area contributed by atoms with E-state index in [2.05, 4.69) is 26.1 Å². The Balaban J connectivity index is 1.96. The minimum atomic E-state index is -0.0555. The molecule has 1 aromatic rings. The number of furan rings is 1. The SMILES string of the molecule is CC1CC(C)(C)CCC1NC(=O)c1coc(CN)c1. The number of nitrogens with two attached hydrogens (primary N) is 1. The lowest BCUT2D eigenvalue weighted by molar-refractivity contribution is 0.0861. The van der Waals surface area contributed by atoms with Crippen LogP contribution in [0.1, 0.15) is 56.2 Å².